The van der Waals surface area contributed by atoms with Crippen LogP contribution in [0.15, 0.2) is 30.3 Å². The van der Waals surface area contributed by atoms with Gasteiger partial charge in [0.25, 0.3) is 0 Å². The van der Waals surface area contributed by atoms with Crippen molar-refractivity contribution in [2.75, 3.05) is 7.05 Å². The van der Waals surface area contributed by atoms with Crippen molar-refractivity contribution < 1.29 is 4.74 Å². The van der Waals surface area contributed by atoms with E-state index < -0.39 is 0 Å². The van der Waals surface area contributed by atoms with Crippen LogP contribution in [-0.2, 0) is 4.74 Å². The van der Waals surface area contributed by atoms with Gasteiger partial charge < -0.3 is 10.1 Å². The van der Waals surface area contributed by atoms with Crippen LogP contribution in [0.1, 0.15) is 45.7 Å². The molecular weight excluding hydrogens is 210 g/mol. The monoisotopic (exact) mass is 235 g/mol. The third kappa shape index (κ3) is 4.14. The fourth-order valence-corrected chi connectivity index (χ4v) is 1.99. The molecule has 0 saturated carbocycles. The molecule has 0 saturated heterocycles. The maximum atomic E-state index is 6.13. The second kappa shape index (κ2) is 6.18. The second-order valence-corrected chi connectivity index (χ2v) is 5.11. The smallest absolute Gasteiger partial charge is 0.0748 e. The van der Waals surface area contributed by atoms with Crippen LogP contribution in [0, 0.1) is 0 Å². The third-order valence-corrected chi connectivity index (χ3v) is 3.30. The van der Waals surface area contributed by atoms with Gasteiger partial charge in [-0.15, -0.1) is 0 Å². The molecule has 0 radical (unpaired) electrons. The molecule has 2 atom stereocenters. The average Bonchev–Trinajstić information content (AvgIpc) is 2.31. The Kier molecular flexibility index (Phi) is 5.16. The Labute approximate surface area is 105 Å². The summed E-state index contributed by atoms with van der Waals surface area (Å²) in [5.74, 6) is 0. The zero-order chi connectivity index (χ0) is 12.9. The molecule has 0 bridgehead atoms. The Bertz CT molecular complexity index is 321. The van der Waals surface area contributed by atoms with Crippen molar-refractivity contribution in [2.45, 2.75) is 51.9 Å². The van der Waals surface area contributed by atoms with E-state index in [1.807, 2.05) is 13.1 Å². The van der Waals surface area contributed by atoms with Crippen LogP contribution in [0.5, 0.6) is 0 Å². The maximum Gasteiger partial charge on any atom is 0.0748 e. The van der Waals surface area contributed by atoms with E-state index in [-0.39, 0.29) is 17.7 Å². The molecular formula is C15H25NO. The molecule has 0 aliphatic carbocycles. The highest BCUT2D eigenvalue weighted by atomic mass is 16.5. The standard InChI is InChI=1S/C15H25NO/c1-6-15(3,4)17-12(2)14(16-5)13-10-8-7-9-11-13/h7-12,14,16H,6H2,1-5H3. The van der Waals surface area contributed by atoms with Crippen LogP contribution >= 0.6 is 0 Å². The van der Waals surface area contributed by atoms with Crippen molar-refractivity contribution in [1.82, 2.24) is 5.32 Å². The van der Waals surface area contributed by atoms with Crippen molar-refractivity contribution in [3.63, 3.8) is 0 Å². The summed E-state index contributed by atoms with van der Waals surface area (Å²) in [6.45, 7) is 8.57. The van der Waals surface area contributed by atoms with Crippen LogP contribution in [-0.4, -0.2) is 18.8 Å². The summed E-state index contributed by atoms with van der Waals surface area (Å²) in [5, 5.41) is 3.34. The first-order valence-electron chi connectivity index (χ1n) is 6.40. The highest BCUT2D eigenvalue weighted by Gasteiger charge is 2.25. The summed E-state index contributed by atoms with van der Waals surface area (Å²) in [7, 11) is 1.98. The molecule has 1 aromatic carbocycles. The van der Waals surface area contributed by atoms with E-state index >= 15 is 0 Å². The lowest BCUT2D eigenvalue weighted by atomic mass is 10.0. The molecule has 1 aromatic rings. The zero-order valence-corrected chi connectivity index (χ0v) is 11.7. The van der Waals surface area contributed by atoms with Crippen LogP contribution in [0.2, 0.25) is 0 Å². The summed E-state index contributed by atoms with van der Waals surface area (Å²) in [5.41, 5.74) is 1.21. The summed E-state index contributed by atoms with van der Waals surface area (Å²) >= 11 is 0. The van der Waals surface area contributed by atoms with Gasteiger partial charge in [-0.25, -0.2) is 0 Å². The van der Waals surface area contributed by atoms with Crippen LogP contribution < -0.4 is 5.32 Å². The molecule has 0 aromatic heterocycles. The van der Waals surface area contributed by atoms with E-state index in [9.17, 15) is 0 Å². The topological polar surface area (TPSA) is 21.3 Å². The quantitative estimate of drug-likeness (QED) is 0.814. The van der Waals surface area contributed by atoms with Crippen LogP contribution in [0.3, 0.4) is 0 Å². The third-order valence-electron chi connectivity index (χ3n) is 3.30. The molecule has 0 amide bonds. The number of likely N-dealkylation sites (N-methyl/N-ethyl adjacent to an activating group) is 1. The minimum atomic E-state index is -0.0662. The summed E-state index contributed by atoms with van der Waals surface area (Å²) in [6.07, 6.45) is 1.17. The molecule has 0 heterocycles. The number of nitrogens with one attached hydrogen (secondary N) is 1. The fourth-order valence-electron chi connectivity index (χ4n) is 1.99. The number of hydrogen-bond donors (Lipinski definition) is 1. The SMILES string of the molecule is CCC(C)(C)OC(C)C(NC)c1ccccc1. The summed E-state index contributed by atoms with van der Waals surface area (Å²) in [6, 6.07) is 10.7. The van der Waals surface area contributed by atoms with Gasteiger partial charge in [-0.05, 0) is 39.8 Å². The molecule has 96 valence electrons. The average molecular weight is 235 g/mol. The van der Waals surface area contributed by atoms with Gasteiger partial charge >= 0.3 is 0 Å². The molecule has 0 spiro atoms. The molecule has 2 heteroatoms. The number of ether oxygens (including phenoxy) is 1. The van der Waals surface area contributed by atoms with Crippen LogP contribution in [0.4, 0.5) is 0 Å². The van der Waals surface area contributed by atoms with Crippen LogP contribution in [0.25, 0.3) is 0 Å². The molecule has 0 aliphatic rings. The summed E-state index contributed by atoms with van der Waals surface area (Å²) in [4.78, 5) is 0. The maximum absolute atomic E-state index is 6.13. The van der Waals surface area contributed by atoms with Crippen molar-refractivity contribution in [1.29, 1.82) is 0 Å². The Morgan fingerprint density at radius 3 is 2.29 bits per heavy atom. The van der Waals surface area contributed by atoms with Gasteiger partial charge in [0.15, 0.2) is 0 Å². The minimum Gasteiger partial charge on any atom is -0.371 e. The zero-order valence-electron chi connectivity index (χ0n) is 11.7. The van der Waals surface area contributed by atoms with Gasteiger partial charge in [0.1, 0.15) is 0 Å². The van der Waals surface area contributed by atoms with Gasteiger partial charge in [0, 0.05) is 0 Å². The fraction of sp³-hybridized carbons (Fsp3) is 0.600. The van der Waals surface area contributed by atoms with Crippen molar-refractivity contribution in [2.24, 2.45) is 0 Å². The van der Waals surface area contributed by atoms with E-state index in [1.165, 1.54) is 5.56 Å². The van der Waals surface area contributed by atoms with Gasteiger partial charge in [-0.2, -0.15) is 0 Å². The normalized spacial score (nSPS) is 15.6. The molecule has 0 fully saturated rings. The van der Waals surface area contributed by atoms with Gasteiger partial charge in [-0.3, -0.25) is 0 Å². The minimum absolute atomic E-state index is 0.0662. The first-order valence-corrected chi connectivity index (χ1v) is 6.40. The van der Waals surface area contributed by atoms with E-state index in [0.717, 1.165) is 6.42 Å². The Balaban J connectivity index is 2.75. The van der Waals surface area contributed by atoms with Crippen molar-refractivity contribution in [3.8, 4) is 0 Å². The Morgan fingerprint density at radius 2 is 1.82 bits per heavy atom. The Hall–Kier alpha value is -0.860. The first kappa shape index (κ1) is 14.2. The van der Waals surface area contributed by atoms with Crippen molar-refractivity contribution >= 4 is 0 Å². The molecule has 17 heavy (non-hydrogen) atoms. The molecule has 2 unspecified atom stereocenters. The molecule has 0 aliphatic heterocycles. The number of hydrogen-bond acceptors (Lipinski definition) is 2. The highest BCUT2D eigenvalue weighted by molar-refractivity contribution is 5.19. The highest BCUT2D eigenvalue weighted by Crippen LogP contribution is 2.24. The number of benzene rings is 1. The van der Waals surface area contributed by atoms with Gasteiger partial charge in [0.2, 0.25) is 0 Å². The lowest BCUT2D eigenvalue weighted by molar-refractivity contribution is -0.0791. The molecule has 1 N–H and O–H groups in total. The predicted molar refractivity (Wildman–Crippen MR) is 73.2 cm³/mol. The summed E-state index contributed by atoms with van der Waals surface area (Å²) < 4.78 is 6.13. The molecule has 1 rings (SSSR count). The largest absolute Gasteiger partial charge is 0.371 e. The second-order valence-electron chi connectivity index (χ2n) is 5.11. The lowest BCUT2D eigenvalue weighted by Gasteiger charge is -2.32. The van der Waals surface area contributed by atoms with Gasteiger partial charge in [-0.1, -0.05) is 37.3 Å². The lowest BCUT2D eigenvalue weighted by Crippen LogP contribution is -2.36. The van der Waals surface area contributed by atoms with Crippen molar-refractivity contribution in [3.05, 3.63) is 35.9 Å². The Morgan fingerprint density at radius 1 is 1.24 bits per heavy atom. The van der Waals surface area contributed by atoms with E-state index in [0.29, 0.717) is 0 Å². The van der Waals surface area contributed by atoms with E-state index in [2.05, 4.69) is 57.3 Å². The number of rotatable bonds is 6. The predicted octanol–water partition coefficient (Wildman–Crippen LogP) is 3.54. The first-order chi connectivity index (χ1) is 8.00. The molecule has 2 nitrogen and oxygen atoms in total. The van der Waals surface area contributed by atoms with E-state index in [4.69, 9.17) is 4.74 Å². The van der Waals surface area contributed by atoms with Gasteiger partial charge in [0.05, 0.1) is 17.7 Å². The van der Waals surface area contributed by atoms with E-state index in [1.54, 1.807) is 0 Å².